The quantitative estimate of drug-likeness (QED) is 0.150. The number of allylic oxidation sites excluding steroid dienone is 2. The average molecular weight is 665 g/mol. The van der Waals surface area contributed by atoms with Crippen LogP contribution in [0.25, 0.3) is 0 Å². The van der Waals surface area contributed by atoms with Crippen LogP contribution in [0.5, 0.6) is 0 Å². The summed E-state index contributed by atoms with van der Waals surface area (Å²) in [5, 5.41) is 70.4. The number of ether oxygens (including phenoxy) is 1. The second-order valence-corrected chi connectivity index (χ2v) is 17.6. The molecule has 0 radical (unpaired) electrons. The zero-order valence-corrected chi connectivity index (χ0v) is 29.4. The smallest absolute Gasteiger partial charge is 0.338 e. The van der Waals surface area contributed by atoms with Gasteiger partial charge in [-0.2, -0.15) is 0 Å². The molecule has 268 valence electrons. The molecule has 7 N–H and O–H groups in total. The van der Waals surface area contributed by atoms with Crippen molar-refractivity contribution in [3.63, 3.8) is 0 Å². The van der Waals surface area contributed by atoms with E-state index in [0.717, 1.165) is 44.9 Å². The van der Waals surface area contributed by atoms with Gasteiger partial charge in [0.2, 0.25) is 0 Å². The van der Waals surface area contributed by atoms with Crippen LogP contribution in [-0.4, -0.2) is 90.9 Å². The first-order valence-corrected chi connectivity index (χ1v) is 17.9. The Morgan fingerprint density at radius 2 is 1.51 bits per heavy atom. The second-order valence-electron chi connectivity index (χ2n) is 17.6. The van der Waals surface area contributed by atoms with Gasteiger partial charge in [0, 0.05) is 5.41 Å². The first-order valence-electron chi connectivity index (χ1n) is 17.9. The van der Waals surface area contributed by atoms with Crippen LogP contribution in [0, 0.1) is 56.7 Å². The van der Waals surface area contributed by atoms with Gasteiger partial charge in [-0.15, -0.1) is 0 Å². The molecule has 0 spiro atoms. The predicted molar refractivity (Wildman–Crippen MR) is 174 cm³/mol. The third-order valence-electron chi connectivity index (χ3n) is 15.5. The summed E-state index contributed by atoms with van der Waals surface area (Å²) in [5.41, 5.74) is 0.0277. The van der Waals surface area contributed by atoms with E-state index >= 15 is 0 Å². The summed E-state index contributed by atoms with van der Waals surface area (Å²) in [6.45, 7) is 15.2. The molecule has 0 aromatic heterocycles. The first-order chi connectivity index (χ1) is 21.7. The Balaban J connectivity index is 1.39. The van der Waals surface area contributed by atoms with Crippen molar-refractivity contribution in [1.29, 1.82) is 0 Å². The van der Waals surface area contributed by atoms with E-state index in [-0.39, 0.29) is 28.1 Å². The van der Waals surface area contributed by atoms with Crippen molar-refractivity contribution in [3.05, 3.63) is 11.6 Å². The fourth-order valence-electron chi connectivity index (χ4n) is 12.1. The second kappa shape index (κ2) is 12.3. The molecule has 0 unspecified atom stereocenters. The number of carboxylic acid groups (broad SMARTS) is 1. The lowest BCUT2D eigenvalue weighted by Gasteiger charge is -2.71. The van der Waals surface area contributed by atoms with Gasteiger partial charge in [0.25, 0.3) is 0 Å². The highest BCUT2D eigenvalue weighted by Gasteiger charge is 2.70. The molecule has 4 fully saturated rings. The number of aliphatic hydroxyl groups excluding tert-OH is 6. The number of aliphatic hydroxyl groups is 6. The third kappa shape index (κ3) is 5.25. The van der Waals surface area contributed by atoms with Gasteiger partial charge in [0.1, 0.15) is 30.5 Å². The number of carboxylic acids is 1. The van der Waals surface area contributed by atoms with Crippen molar-refractivity contribution in [2.45, 2.75) is 143 Å². The van der Waals surface area contributed by atoms with E-state index in [1.54, 1.807) is 0 Å². The van der Waals surface area contributed by atoms with Crippen LogP contribution in [0.1, 0.15) is 106 Å². The van der Waals surface area contributed by atoms with Crippen LogP contribution in [0.15, 0.2) is 11.6 Å². The van der Waals surface area contributed by atoms with Crippen LogP contribution < -0.4 is 0 Å². The van der Waals surface area contributed by atoms with Gasteiger partial charge in [-0.05, 0) is 104 Å². The summed E-state index contributed by atoms with van der Waals surface area (Å²) in [6.07, 6.45) is -0.751. The molecular formula is C37H60O10. The zero-order valence-electron chi connectivity index (χ0n) is 29.4. The Morgan fingerprint density at radius 1 is 0.851 bits per heavy atom. The molecule has 0 amide bonds. The topological polar surface area (TPSA) is 185 Å². The van der Waals surface area contributed by atoms with E-state index in [1.165, 1.54) is 5.57 Å². The highest BCUT2D eigenvalue weighted by atomic mass is 16.6. The number of fused-ring (bicyclic) bond motifs is 7. The number of rotatable bonds is 8. The Kier molecular flexibility index (Phi) is 9.64. The minimum absolute atomic E-state index is 0.0244. The highest BCUT2D eigenvalue weighted by molar-refractivity contribution is 5.77. The number of esters is 1. The van der Waals surface area contributed by atoms with Gasteiger partial charge in [-0.25, -0.2) is 4.79 Å². The summed E-state index contributed by atoms with van der Waals surface area (Å²) < 4.78 is 5.86. The Morgan fingerprint density at radius 3 is 2.13 bits per heavy atom. The van der Waals surface area contributed by atoms with Gasteiger partial charge in [-0.1, -0.05) is 60.1 Å². The molecule has 5 rings (SSSR count). The molecule has 10 nitrogen and oxygen atoms in total. The maximum Gasteiger partial charge on any atom is 0.338 e. The summed E-state index contributed by atoms with van der Waals surface area (Å²) in [5.74, 6) is -0.356. The van der Waals surface area contributed by atoms with E-state index in [0.29, 0.717) is 30.6 Å². The molecule has 47 heavy (non-hydrogen) atoms. The highest BCUT2D eigenvalue weighted by Crippen LogP contribution is 2.75. The molecule has 0 bridgehead atoms. The van der Waals surface area contributed by atoms with E-state index in [9.17, 15) is 40.2 Å². The van der Waals surface area contributed by atoms with E-state index in [4.69, 9.17) is 9.84 Å². The van der Waals surface area contributed by atoms with Gasteiger partial charge in [0.15, 0.2) is 6.10 Å². The van der Waals surface area contributed by atoms with Crippen LogP contribution in [0.2, 0.25) is 0 Å². The number of hydrogen-bond donors (Lipinski definition) is 7. The standard InChI is InChI=1S/C37H60O10/c1-19-10-15-37(32(45)46)17-16-35(6)21(26(37)20(19)2)8-9-24-34(5)13-12-25(33(3,4)23(34)11-14-36(24,35)7)47-31(44)30(43)29(42)28(41)27(40)22(39)18-38/h8,19-20,22-30,38-43H,9-18H2,1-7H3,(H,45,46)/t19-,20+,22-,23+,24-,25+,26+,27-,28-,29+,30+,34+,35-,36-,37+/m1/s1. The van der Waals surface area contributed by atoms with E-state index in [1.807, 2.05) is 0 Å². The molecule has 0 aliphatic heterocycles. The van der Waals surface area contributed by atoms with Gasteiger partial charge in [-0.3, -0.25) is 4.79 Å². The van der Waals surface area contributed by atoms with Crippen molar-refractivity contribution >= 4 is 11.9 Å². The molecule has 15 atom stereocenters. The number of aliphatic carboxylic acids is 1. The molecule has 10 heteroatoms. The lowest BCUT2D eigenvalue weighted by atomic mass is 9.33. The third-order valence-corrected chi connectivity index (χ3v) is 15.5. The molecule has 5 aliphatic rings. The maximum atomic E-state index is 13.1. The summed E-state index contributed by atoms with van der Waals surface area (Å²) in [7, 11) is 0. The summed E-state index contributed by atoms with van der Waals surface area (Å²) in [4.78, 5) is 26.0. The number of hydrogen-bond acceptors (Lipinski definition) is 9. The zero-order chi connectivity index (χ0) is 35.1. The molecule has 0 saturated heterocycles. The maximum absolute atomic E-state index is 13.1. The van der Waals surface area contributed by atoms with Crippen LogP contribution in [0.3, 0.4) is 0 Å². The molecule has 0 aromatic carbocycles. The molecular weight excluding hydrogens is 604 g/mol. The Hall–Kier alpha value is -1.56. The van der Waals surface area contributed by atoms with Crippen LogP contribution in [0.4, 0.5) is 0 Å². The van der Waals surface area contributed by atoms with Crippen molar-refractivity contribution in [2.24, 2.45) is 56.7 Å². The first kappa shape index (κ1) is 36.7. The van der Waals surface area contributed by atoms with Gasteiger partial charge < -0.3 is 40.5 Å². The van der Waals surface area contributed by atoms with Crippen molar-refractivity contribution in [1.82, 2.24) is 0 Å². The van der Waals surface area contributed by atoms with Crippen molar-refractivity contribution < 1.29 is 50.1 Å². The van der Waals surface area contributed by atoms with Crippen LogP contribution in [-0.2, 0) is 14.3 Å². The minimum atomic E-state index is -2.15. The summed E-state index contributed by atoms with van der Waals surface area (Å²) >= 11 is 0. The molecule has 0 heterocycles. The van der Waals surface area contributed by atoms with Crippen LogP contribution >= 0.6 is 0 Å². The number of carbonyl (C=O) groups excluding carboxylic acids is 1. The fraction of sp³-hybridized carbons (Fsp3) is 0.892. The van der Waals surface area contributed by atoms with Crippen molar-refractivity contribution in [2.75, 3.05) is 6.61 Å². The predicted octanol–water partition coefficient (Wildman–Crippen LogP) is 3.44. The Labute approximate surface area is 279 Å². The SMILES string of the molecule is C[C@H]1[C@H](C)CC[C@]2(C(=O)O)CC[C@]3(C)C(=CC[C@@H]4[C@@]5(C)CC[C@H](OC(=O)[C@@H](O)[C@@H](O)[C@H](O)[C@H](O)[C@H](O)CO)C(C)(C)[C@@H]5CC[C@]43C)[C@H]12. The lowest BCUT2D eigenvalue weighted by molar-refractivity contribution is -0.220. The average Bonchev–Trinajstić information content (AvgIpc) is 3.02. The largest absolute Gasteiger partial charge is 0.481 e. The molecule has 0 aromatic rings. The van der Waals surface area contributed by atoms with E-state index in [2.05, 4.69) is 54.5 Å². The molecule has 5 aliphatic carbocycles. The normalized spacial score (nSPS) is 45.8. The van der Waals surface area contributed by atoms with Crippen molar-refractivity contribution in [3.8, 4) is 0 Å². The monoisotopic (exact) mass is 664 g/mol. The lowest BCUT2D eigenvalue weighted by Crippen LogP contribution is -2.65. The molecule has 4 saturated carbocycles. The fourth-order valence-corrected chi connectivity index (χ4v) is 12.1. The summed E-state index contributed by atoms with van der Waals surface area (Å²) in [6, 6.07) is 0. The van der Waals surface area contributed by atoms with E-state index < -0.39 is 66.0 Å². The van der Waals surface area contributed by atoms with Gasteiger partial charge >= 0.3 is 11.9 Å². The Bertz CT molecular complexity index is 1250. The number of carbonyl (C=O) groups is 2. The van der Waals surface area contributed by atoms with Gasteiger partial charge in [0.05, 0.1) is 12.0 Å². The minimum Gasteiger partial charge on any atom is -0.481 e.